The summed E-state index contributed by atoms with van der Waals surface area (Å²) in [5.74, 6) is -0.162. The fourth-order valence-electron chi connectivity index (χ4n) is 3.72. The third-order valence-corrected chi connectivity index (χ3v) is 5.65. The molecule has 3 rings (SSSR count). The van der Waals surface area contributed by atoms with E-state index in [1.807, 2.05) is 0 Å². The predicted molar refractivity (Wildman–Crippen MR) is 137 cm³/mol. The Kier molecular flexibility index (Phi) is 8.73. The van der Waals surface area contributed by atoms with E-state index in [9.17, 15) is 18.8 Å². The van der Waals surface area contributed by atoms with Gasteiger partial charge in [0, 0.05) is 26.2 Å². The van der Waals surface area contributed by atoms with Crippen LogP contribution in [0.1, 0.15) is 50.3 Å². The lowest BCUT2D eigenvalue weighted by Gasteiger charge is -2.11. The standard InChI is InChI=1S/C26H33FN6O3/c1-16(2)13-20-25-24(18(27)14-28-20)30-21(31-25)15-33-17(3)11-12-19(26(33)36)29-22(34)9-7-6-8-10-23(35)32(4)5/h8,10-12,14,16H,6-7,9,13,15H2,1-5H3,(H,29,34)(H,30,31)/b10-8+. The number of pyridine rings is 2. The van der Waals surface area contributed by atoms with Crippen LogP contribution in [-0.4, -0.2) is 50.3 Å². The number of imidazole rings is 1. The molecule has 0 aliphatic carbocycles. The Morgan fingerprint density at radius 3 is 2.72 bits per heavy atom. The molecular formula is C26H33FN6O3. The number of halogens is 1. The van der Waals surface area contributed by atoms with Crippen LogP contribution in [0.15, 0.2) is 35.3 Å². The molecule has 9 nitrogen and oxygen atoms in total. The largest absolute Gasteiger partial charge is 0.345 e. The van der Waals surface area contributed by atoms with Crippen LogP contribution in [0, 0.1) is 18.7 Å². The van der Waals surface area contributed by atoms with E-state index in [1.54, 1.807) is 39.2 Å². The third-order valence-electron chi connectivity index (χ3n) is 5.65. The van der Waals surface area contributed by atoms with Crippen LogP contribution >= 0.6 is 0 Å². The highest BCUT2D eigenvalue weighted by molar-refractivity contribution is 5.90. The van der Waals surface area contributed by atoms with E-state index in [-0.39, 0.29) is 41.5 Å². The number of rotatable bonds is 10. The first-order chi connectivity index (χ1) is 17.1. The molecule has 3 aromatic heterocycles. The Morgan fingerprint density at radius 2 is 2.03 bits per heavy atom. The minimum atomic E-state index is -0.522. The molecular weight excluding hydrogens is 463 g/mol. The van der Waals surface area contributed by atoms with Crippen molar-refractivity contribution in [2.45, 2.75) is 53.0 Å². The van der Waals surface area contributed by atoms with Crippen molar-refractivity contribution in [1.29, 1.82) is 0 Å². The zero-order valence-electron chi connectivity index (χ0n) is 21.4. The number of amides is 2. The first-order valence-corrected chi connectivity index (χ1v) is 12.0. The monoisotopic (exact) mass is 496 g/mol. The summed E-state index contributed by atoms with van der Waals surface area (Å²) in [7, 11) is 3.34. The molecule has 0 bridgehead atoms. The SMILES string of the molecule is Cc1ccc(NC(=O)CCC/C=C/C(=O)N(C)C)c(=O)n1Cc1nc2c(F)cnc(CC(C)C)c2[nH]1. The Bertz CT molecular complexity index is 1340. The number of carbonyl (C=O) groups excluding carboxylic acids is 2. The van der Waals surface area contributed by atoms with Gasteiger partial charge in [-0.05, 0) is 50.3 Å². The third kappa shape index (κ3) is 6.65. The molecule has 0 fully saturated rings. The molecule has 2 N–H and O–H groups in total. The van der Waals surface area contributed by atoms with Gasteiger partial charge < -0.3 is 19.8 Å². The lowest BCUT2D eigenvalue weighted by Crippen LogP contribution is -2.27. The summed E-state index contributed by atoms with van der Waals surface area (Å²) < 4.78 is 15.8. The zero-order chi connectivity index (χ0) is 26.4. The first kappa shape index (κ1) is 26.8. The summed E-state index contributed by atoms with van der Waals surface area (Å²) in [5, 5.41) is 2.68. The van der Waals surface area contributed by atoms with Gasteiger partial charge in [-0.1, -0.05) is 19.9 Å². The molecule has 3 aromatic rings. The number of anilines is 1. The maximum Gasteiger partial charge on any atom is 0.274 e. The average molecular weight is 497 g/mol. The van der Waals surface area contributed by atoms with Crippen LogP contribution < -0.4 is 10.9 Å². The Labute approximate surface area is 209 Å². The minimum absolute atomic E-state index is 0.0916. The van der Waals surface area contributed by atoms with E-state index in [0.29, 0.717) is 42.2 Å². The molecule has 36 heavy (non-hydrogen) atoms. The average Bonchev–Trinajstić information content (AvgIpc) is 3.25. The van der Waals surface area contributed by atoms with Gasteiger partial charge in [0.05, 0.1) is 24.0 Å². The van der Waals surface area contributed by atoms with Gasteiger partial charge in [0.25, 0.3) is 5.56 Å². The minimum Gasteiger partial charge on any atom is -0.345 e. The number of likely N-dealkylation sites (N-methyl/N-ethyl adjacent to an activating group) is 1. The number of unbranched alkanes of at least 4 members (excludes halogenated alkanes) is 1. The van der Waals surface area contributed by atoms with E-state index < -0.39 is 5.82 Å². The number of aromatic amines is 1. The zero-order valence-corrected chi connectivity index (χ0v) is 21.4. The number of carbonyl (C=O) groups is 2. The number of allylic oxidation sites excluding steroid dienone is 1. The maximum atomic E-state index is 14.4. The van der Waals surface area contributed by atoms with Crippen LogP contribution in [0.5, 0.6) is 0 Å². The van der Waals surface area contributed by atoms with E-state index in [2.05, 4.69) is 34.1 Å². The molecule has 0 aromatic carbocycles. The van der Waals surface area contributed by atoms with Crippen LogP contribution in [0.2, 0.25) is 0 Å². The molecule has 0 aliphatic rings. The van der Waals surface area contributed by atoms with Crippen molar-refractivity contribution in [3.63, 3.8) is 0 Å². The molecule has 192 valence electrons. The molecule has 10 heteroatoms. The van der Waals surface area contributed by atoms with Crippen molar-refractivity contribution in [2.75, 3.05) is 19.4 Å². The summed E-state index contributed by atoms with van der Waals surface area (Å²) in [6.07, 6.45) is 6.37. The molecule has 2 amide bonds. The van der Waals surface area contributed by atoms with E-state index >= 15 is 0 Å². The van der Waals surface area contributed by atoms with E-state index in [1.165, 1.54) is 21.7 Å². The van der Waals surface area contributed by atoms with Crippen LogP contribution in [0.25, 0.3) is 11.0 Å². The van der Waals surface area contributed by atoms with Gasteiger partial charge in [-0.25, -0.2) is 9.37 Å². The van der Waals surface area contributed by atoms with Gasteiger partial charge in [0.2, 0.25) is 11.8 Å². The lowest BCUT2D eigenvalue weighted by molar-refractivity contribution is -0.123. The Hall–Kier alpha value is -3.82. The number of nitrogens with one attached hydrogen (secondary N) is 2. The van der Waals surface area contributed by atoms with Crippen molar-refractivity contribution in [1.82, 2.24) is 24.4 Å². The van der Waals surface area contributed by atoms with Crippen LogP contribution in [0.4, 0.5) is 10.1 Å². The van der Waals surface area contributed by atoms with Gasteiger partial charge in [-0.2, -0.15) is 0 Å². The fourth-order valence-corrected chi connectivity index (χ4v) is 3.72. The van der Waals surface area contributed by atoms with Gasteiger partial charge in [-0.15, -0.1) is 0 Å². The highest BCUT2D eigenvalue weighted by Crippen LogP contribution is 2.21. The number of hydrogen-bond donors (Lipinski definition) is 2. The van der Waals surface area contributed by atoms with Crippen molar-refractivity contribution in [3.8, 4) is 0 Å². The summed E-state index contributed by atoms with van der Waals surface area (Å²) in [6, 6.07) is 3.31. The molecule has 0 spiro atoms. The van der Waals surface area contributed by atoms with Gasteiger partial charge >= 0.3 is 0 Å². The maximum absolute atomic E-state index is 14.4. The molecule has 0 saturated heterocycles. The second-order valence-electron chi connectivity index (χ2n) is 9.41. The van der Waals surface area contributed by atoms with Gasteiger partial charge in [0.1, 0.15) is 17.0 Å². The number of fused-ring (bicyclic) bond motifs is 1. The van der Waals surface area contributed by atoms with E-state index in [0.717, 1.165) is 5.69 Å². The summed E-state index contributed by atoms with van der Waals surface area (Å²) in [6.45, 7) is 5.98. The van der Waals surface area contributed by atoms with Crippen LogP contribution in [-0.2, 0) is 22.6 Å². The highest BCUT2D eigenvalue weighted by Gasteiger charge is 2.16. The molecule has 0 atom stereocenters. The summed E-state index contributed by atoms with van der Waals surface area (Å²) >= 11 is 0. The number of hydrogen-bond acceptors (Lipinski definition) is 5. The van der Waals surface area contributed by atoms with Crippen molar-refractivity contribution in [2.24, 2.45) is 5.92 Å². The molecule has 3 heterocycles. The number of aryl methyl sites for hydroxylation is 1. The molecule has 0 radical (unpaired) electrons. The topological polar surface area (TPSA) is 113 Å². The second-order valence-corrected chi connectivity index (χ2v) is 9.41. The van der Waals surface area contributed by atoms with Crippen molar-refractivity contribution >= 4 is 28.5 Å². The van der Waals surface area contributed by atoms with Gasteiger partial charge in [0.15, 0.2) is 5.82 Å². The highest BCUT2D eigenvalue weighted by atomic mass is 19.1. The Morgan fingerprint density at radius 1 is 1.28 bits per heavy atom. The predicted octanol–water partition coefficient (Wildman–Crippen LogP) is 3.57. The van der Waals surface area contributed by atoms with Gasteiger partial charge in [-0.3, -0.25) is 19.4 Å². The normalized spacial score (nSPS) is 11.5. The second kappa shape index (κ2) is 11.7. The smallest absolute Gasteiger partial charge is 0.274 e. The number of nitrogens with zero attached hydrogens (tertiary/aromatic N) is 4. The molecule has 0 aliphatic heterocycles. The summed E-state index contributed by atoms with van der Waals surface area (Å²) in [5.41, 5.74) is 1.93. The fraction of sp³-hybridized carbons (Fsp3) is 0.423. The Balaban J connectivity index is 1.72. The van der Waals surface area contributed by atoms with Crippen molar-refractivity contribution < 1.29 is 14.0 Å². The van der Waals surface area contributed by atoms with Crippen LogP contribution in [0.3, 0.4) is 0 Å². The molecule has 0 unspecified atom stereocenters. The first-order valence-electron chi connectivity index (χ1n) is 12.0. The van der Waals surface area contributed by atoms with E-state index in [4.69, 9.17) is 0 Å². The summed E-state index contributed by atoms with van der Waals surface area (Å²) in [4.78, 5) is 50.2. The lowest BCUT2D eigenvalue weighted by atomic mass is 10.1. The molecule has 0 saturated carbocycles. The van der Waals surface area contributed by atoms with Crippen molar-refractivity contribution in [3.05, 3.63) is 63.9 Å². The number of aromatic nitrogens is 4. The number of H-pyrrole nitrogens is 1. The quantitative estimate of drug-likeness (QED) is 0.329.